The summed E-state index contributed by atoms with van der Waals surface area (Å²) >= 11 is 6.69. The van der Waals surface area contributed by atoms with Crippen molar-refractivity contribution in [3.8, 4) is 0 Å². The van der Waals surface area contributed by atoms with Crippen molar-refractivity contribution in [3.63, 3.8) is 0 Å². The molecule has 156 valence electrons. The minimum absolute atomic E-state index is 0.350. The van der Waals surface area contributed by atoms with Gasteiger partial charge in [0.05, 0.1) is 15.9 Å². The van der Waals surface area contributed by atoms with Crippen LogP contribution in [0, 0.1) is 5.82 Å². The van der Waals surface area contributed by atoms with Gasteiger partial charge in [-0.25, -0.2) is 4.39 Å². The van der Waals surface area contributed by atoms with Gasteiger partial charge in [0.25, 0.3) is 0 Å². The Bertz CT molecular complexity index is 1240. The summed E-state index contributed by atoms with van der Waals surface area (Å²) in [7, 11) is 1.77. The molecule has 3 heterocycles. The summed E-state index contributed by atoms with van der Waals surface area (Å²) in [6, 6.07) is 8.42. The normalized spacial score (nSPS) is 22.1. The molecule has 0 radical (unpaired) electrons. The highest BCUT2D eigenvalue weighted by Gasteiger charge is 2.25. The van der Waals surface area contributed by atoms with Crippen LogP contribution in [0.2, 0.25) is 5.02 Å². The number of piperidine rings is 1. The number of halogens is 2. The molecule has 1 aliphatic heterocycles. The standard InChI is InChI=1S/C22H24ClFN6/c1-11-4-13(5-12(2)25-11)14-7-17(23)20-19(8-14)27-28-22(20)26-16-6-15-10-30(3)29-21(15)18(24)9-16/h6-13,25H,4-5H2,1-3H3,(H2,26,27,28)/t11-,12-/m1/s1. The number of hydrogen-bond donors (Lipinski definition) is 3. The van der Waals surface area contributed by atoms with Gasteiger partial charge in [0.2, 0.25) is 0 Å². The minimum atomic E-state index is -0.377. The Morgan fingerprint density at radius 3 is 2.70 bits per heavy atom. The number of anilines is 2. The number of benzene rings is 2. The van der Waals surface area contributed by atoms with E-state index in [0.29, 0.717) is 40.0 Å². The van der Waals surface area contributed by atoms with Gasteiger partial charge in [0.1, 0.15) is 5.52 Å². The lowest BCUT2D eigenvalue weighted by atomic mass is 9.83. The van der Waals surface area contributed by atoms with Crippen molar-refractivity contribution in [3.05, 3.63) is 46.9 Å². The Kier molecular flexibility index (Phi) is 4.67. The maximum absolute atomic E-state index is 14.4. The molecule has 0 saturated carbocycles. The van der Waals surface area contributed by atoms with Crippen molar-refractivity contribution >= 4 is 44.9 Å². The van der Waals surface area contributed by atoms with Crippen LogP contribution in [0.3, 0.4) is 0 Å². The number of nitrogens with one attached hydrogen (secondary N) is 3. The van der Waals surface area contributed by atoms with Crippen LogP contribution in [-0.4, -0.2) is 32.1 Å². The third-order valence-electron chi connectivity index (χ3n) is 5.89. The molecule has 6 nitrogen and oxygen atoms in total. The predicted molar refractivity (Wildman–Crippen MR) is 119 cm³/mol. The molecule has 0 amide bonds. The summed E-state index contributed by atoms with van der Waals surface area (Å²) in [6.07, 6.45) is 3.94. The number of aryl methyl sites for hydroxylation is 1. The Balaban J connectivity index is 1.49. The molecule has 1 fully saturated rings. The molecule has 2 atom stereocenters. The number of aromatic nitrogens is 4. The third-order valence-corrected chi connectivity index (χ3v) is 6.19. The molecular weight excluding hydrogens is 403 g/mol. The van der Waals surface area contributed by atoms with E-state index in [-0.39, 0.29) is 5.82 Å². The molecular formula is C22H24ClFN6. The van der Waals surface area contributed by atoms with Crippen LogP contribution in [0.25, 0.3) is 21.8 Å². The van der Waals surface area contributed by atoms with E-state index < -0.39 is 0 Å². The summed E-state index contributed by atoms with van der Waals surface area (Å²) in [5.74, 6) is 0.661. The van der Waals surface area contributed by atoms with Crippen molar-refractivity contribution in [1.29, 1.82) is 0 Å². The zero-order chi connectivity index (χ0) is 21.0. The van der Waals surface area contributed by atoms with Crippen molar-refractivity contribution < 1.29 is 4.39 Å². The molecule has 0 spiro atoms. The molecule has 3 N–H and O–H groups in total. The molecule has 30 heavy (non-hydrogen) atoms. The largest absolute Gasteiger partial charge is 0.338 e. The fourth-order valence-electron chi connectivity index (χ4n) is 4.72. The zero-order valence-corrected chi connectivity index (χ0v) is 17.9. The molecule has 0 aliphatic carbocycles. The maximum Gasteiger partial charge on any atom is 0.161 e. The number of H-pyrrole nitrogens is 1. The van der Waals surface area contributed by atoms with Crippen molar-refractivity contribution in [1.82, 2.24) is 25.3 Å². The maximum atomic E-state index is 14.4. The van der Waals surface area contributed by atoms with E-state index in [2.05, 4.69) is 45.8 Å². The van der Waals surface area contributed by atoms with E-state index in [4.69, 9.17) is 11.6 Å². The molecule has 5 rings (SSSR count). The van der Waals surface area contributed by atoms with Gasteiger partial charge < -0.3 is 10.6 Å². The van der Waals surface area contributed by atoms with Gasteiger partial charge in [-0.15, -0.1) is 0 Å². The highest BCUT2D eigenvalue weighted by atomic mass is 35.5. The minimum Gasteiger partial charge on any atom is -0.338 e. The number of nitrogens with zero attached hydrogens (tertiary/aromatic N) is 3. The van der Waals surface area contributed by atoms with E-state index in [9.17, 15) is 4.39 Å². The fraction of sp³-hybridized carbons (Fsp3) is 0.364. The summed E-state index contributed by atoms with van der Waals surface area (Å²) in [6.45, 7) is 4.44. The second-order valence-electron chi connectivity index (χ2n) is 8.46. The monoisotopic (exact) mass is 426 g/mol. The lowest BCUT2D eigenvalue weighted by Gasteiger charge is -2.33. The Labute approximate surface area is 178 Å². The van der Waals surface area contributed by atoms with Crippen LogP contribution < -0.4 is 10.6 Å². The lowest BCUT2D eigenvalue weighted by Crippen LogP contribution is -2.41. The number of rotatable bonds is 3. The molecule has 0 unspecified atom stereocenters. The van der Waals surface area contributed by atoms with Crippen LogP contribution in [0.15, 0.2) is 30.5 Å². The van der Waals surface area contributed by atoms with Gasteiger partial charge in [0, 0.05) is 36.4 Å². The first kappa shape index (κ1) is 19.3. The number of hydrogen-bond acceptors (Lipinski definition) is 4. The lowest BCUT2D eigenvalue weighted by molar-refractivity contribution is 0.317. The quantitative estimate of drug-likeness (QED) is 0.419. The molecule has 8 heteroatoms. The van der Waals surface area contributed by atoms with Gasteiger partial charge in [-0.1, -0.05) is 11.6 Å². The van der Waals surface area contributed by atoms with Gasteiger partial charge in [0.15, 0.2) is 11.6 Å². The topological polar surface area (TPSA) is 70.6 Å². The van der Waals surface area contributed by atoms with Crippen LogP contribution >= 0.6 is 11.6 Å². The van der Waals surface area contributed by atoms with Crippen molar-refractivity contribution in [2.45, 2.75) is 44.7 Å². The highest BCUT2D eigenvalue weighted by Crippen LogP contribution is 2.37. The Morgan fingerprint density at radius 2 is 1.93 bits per heavy atom. The summed E-state index contributed by atoms with van der Waals surface area (Å²) in [5, 5.41) is 20.6. The second-order valence-corrected chi connectivity index (χ2v) is 8.87. The average molecular weight is 427 g/mol. The number of aromatic amines is 1. The zero-order valence-electron chi connectivity index (χ0n) is 17.1. The van der Waals surface area contributed by atoms with Gasteiger partial charge in [-0.05, 0) is 62.4 Å². The highest BCUT2D eigenvalue weighted by molar-refractivity contribution is 6.36. The van der Waals surface area contributed by atoms with Crippen molar-refractivity contribution in [2.24, 2.45) is 7.05 Å². The molecule has 0 bridgehead atoms. The van der Waals surface area contributed by atoms with Gasteiger partial charge in [-0.3, -0.25) is 9.78 Å². The summed E-state index contributed by atoms with van der Waals surface area (Å²) in [5.41, 5.74) is 3.05. The van der Waals surface area contributed by atoms with Crippen molar-refractivity contribution in [2.75, 3.05) is 5.32 Å². The third kappa shape index (κ3) is 3.42. The van der Waals surface area contributed by atoms with Gasteiger partial charge in [-0.2, -0.15) is 10.2 Å². The van der Waals surface area contributed by atoms with Crippen LogP contribution in [0.4, 0.5) is 15.9 Å². The predicted octanol–water partition coefficient (Wildman–Crippen LogP) is 5.23. The molecule has 1 aliphatic rings. The van der Waals surface area contributed by atoms with Crippen LogP contribution in [-0.2, 0) is 7.05 Å². The summed E-state index contributed by atoms with van der Waals surface area (Å²) in [4.78, 5) is 0. The van der Waals surface area contributed by atoms with E-state index in [1.165, 1.54) is 11.6 Å². The SMILES string of the molecule is C[C@@H]1CC(c2cc(Cl)c3c(Nc4cc(F)c5nn(C)cc5c4)n[nH]c3c2)C[C@@H](C)N1. The van der Waals surface area contributed by atoms with E-state index in [0.717, 1.165) is 29.1 Å². The van der Waals surface area contributed by atoms with Crippen LogP contribution in [0.5, 0.6) is 0 Å². The van der Waals surface area contributed by atoms with E-state index in [1.54, 1.807) is 17.9 Å². The molecule has 4 aromatic rings. The summed E-state index contributed by atoms with van der Waals surface area (Å²) < 4.78 is 16.0. The molecule has 2 aromatic heterocycles. The average Bonchev–Trinajstić information content (AvgIpc) is 3.24. The van der Waals surface area contributed by atoms with E-state index >= 15 is 0 Å². The molecule has 2 aromatic carbocycles. The van der Waals surface area contributed by atoms with Crippen LogP contribution in [0.1, 0.15) is 38.2 Å². The molecule has 1 saturated heterocycles. The Morgan fingerprint density at radius 1 is 1.17 bits per heavy atom. The fourth-order valence-corrected chi connectivity index (χ4v) is 5.04. The first-order valence-electron chi connectivity index (χ1n) is 10.2. The number of fused-ring (bicyclic) bond motifs is 2. The first-order valence-corrected chi connectivity index (χ1v) is 10.6. The van der Waals surface area contributed by atoms with Gasteiger partial charge >= 0.3 is 0 Å². The Hall–Kier alpha value is -2.64. The first-order chi connectivity index (χ1) is 14.4. The second kappa shape index (κ2) is 7.25. The smallest absolute Gasteiger partial charge is 0.161 e. The van der Waals surface area contributed by atoms with E-state index in [1.807, 2.05) is 12.1 Å².